The van der Waals surface area contributed by atoms with E-state index in [1.807, 2.05) is 60.3 Å². The second kappa shape index (κ2) is 6.54. The number of hydrogen-bond donors (Lipinski definition) is 2. The van der Waals surface area contributed by atoms with Gasteiger partial charge in [-0.15, -0.1) is 0 Å². The second-order valence-corrected chi connectivity index (χ2v) is 6.75. The molecule has 7 nitrogen and oxygen atoms in total. The summed E-state index contributed by atoms with van der Waals surface area (Å²) in [6.45, 7) is 0. The summed E-state index contributed by atoms with van der Waals surface area (Å²) in [7, 11) is 1.96. The monoisotopic (exact) mass is 390 g/mol. The minimum atomic E-state index is 0.489. The molecule has 2 N–H and O–H groups in total. The lowest BCUT2D eigenvalue weighted by Gasteiger charge is -2.12. The standard InChI is InChI=1S/C20H15ClN6O/c1-27-8-7-16-19(27)20(23-11-22-16)25-12-5-6-18(14(21)9-12)28-17-4-2-3-15-13(17)10-24-26-15/h2-11H,1H3,(H,24,26)(H,22,23,25). The lowest BCUT2D eigenvalue weighted by Crippen LogP contribution is -1.98. The van der Waals surface area contributed by atoms with Crippen molar-refractivity contribution in [3.63, 3.8) is 0 Å². The normalized spacial score (nSPS) is 11.2. The van der Waals surface area contributed by atoms with Gasteiger partial charge in [-0.3, -0.25) is 5.10 Å². The van der Waals surface area contributed by atoms with E-state index in [0.717, 1.165) is 27.6 Å². The van der Waals surface area contributed by atoms with Crippen molar-refractivity contribution in [2.75, 3.05) is 5.32 Å². The SMILES string of the molecule is Cn1ccc2ncnc(Nc3ccc(Oc4cccc5[nH]ncc45)c(Cl)c3)c21. The van der Waals surface area contributed by atoms with Crippen LogP contribution >= 0.6 is 11.6 Å². The number of aryl methyl sites for hydroxylation is 1. The number of nitrogens with one attached hydrogen (secondary N) is 2. The van der Waals surface area contributed by atoms with Crippen LogP contribution in [0, 0.1) is 0 Å². The zero-order valence-corrected chi connectivity index (χ0v) is 15.6. The maximum absolute atomic E-state index is 6.47. The van der Waals surface area contributed by atoms with E-state index < -0.39 is 0 Å². The molecule has 0 amide bonds. The molecule has 0 aliphatic heterocycles. The van der Waals surface area contributed by atoms with Gasteiger partial charge in [-0.1, -0.05) is 17.7 Å². The Hall–Kier alpha value is -3.58. The van der Waals surface area contributed by atoms with Gasteiger partial charge in [0.15, 0.2) is 5.82 Å². The van der Waals surface area contributed by atoms with Gasteiger partial charge in [-0.05, 0) is 36.4 Å². The molecule has 5 aromatic rings. The topological polar surface area (TPSA) is 80.6 Å². The van der Waals surface area contributed by atoms with Crippen LogP contribution in [0.15, 0.2) is 61.2 Å². The van der Waals surface area contributed by atoms with Crippen molar-refractivity contribution < 1.29 is 4.74 Å². The molecule has 0 spiro atoms. The van der Waals surface area contributed by atoms with E-state index in [-0.39, 0.29) is 0 Å². The predicted octanol–water partition coefficient (Wildman–Crippen LogP) is 5.03. The summed E-state index contributed by atoms with van der Waals surface area (Å²) in [4.78, 5) is 8.63. The summed E-state index contributed by atoms with van der Waals surface area (Å²) in [5.41, 5.74) is 3.51. The van der Waals surface area contributed by atoms with Crippen molar-refractivity contribution in [2.24, 2.45) is 7.05 Å². The molecule has 0 aliphatic rings. The Kier molecular flexibility index (Phi) is 3.87. The molecule has 8 heteroatoms. The Bertz CT molecular complexity index is 1310. The number of hydrogen-bond acceptors (Lipinski definition) is 5. The van der Waals surface area contributed by atoms with Crippen LogP contribution in [0.1, 0.15) is 0 Å². The maximum Gasteiger partial charge on any atom is 0.158 e. The summed E-state index contributed by atoms with van der Waals surface area (Å²) in [5.74, 6) is 1.97. The molecular formula is C20H15ClN6O. The number of rotatable bonds is 4. The molecule has 5 rings (SSSR count). The number of fused-ring (bicyclic) bond motifs is 2. The van der Waals surface area contributed by atoms with Crippen molar-refractivity contribution >= 4 is 45.0 Å². The van der Waals surface area contributed by atoms with Crippen LogP contribution in [-0.4, -0.2) is 24.7 Å². The molecule has 3 heterocycles. The van der Waals surface area contributed by atoms with Crippen LogP contribution in [0.4, 0.5) is 11.5 Å². The first-order valence-electron chi connectivity index (χ1n) is 8.61. The number of anilines is 2. The fraction of sp³-hybridized carbons (Fsp3) is 0.0500. The number of halogens is 1. The van der Waals surface area contributed by atoms with Gasteiger partial charge < -0.3 is 14.6 Å². The molecule has 2 aromatic carbocycles. The Labute approximate surface area is 164 Å². The predicted molar refractivity (Wildman–Crippen MR) is 109 cm³/mol. The van der Waals surface area contributed by atoms with Gasteiger partial charge in [0.05, 0.1) is 27.6 Å². The molecule has 0 aliphatic carbocycles. The molecule has 3 aromatic heterocycles. The molecule has 0 atom stereocenters. The molecule has 0 radical (unpaired) electrons. The fourth-order valence-electron chi connectivity index (χ4n) is 3.16. The van der Waals surface area contributed by atoms with E-state index in [9.17, 15) is 0 Å². The molecule has 0 saturated heterocycles. The molecule has 0 bridgehead atoms. The zero-order valence-electron chi connectivity index (χ0n) is 14.8. The molecule has 0 fully saturated rings. The van der Waals surface area contributed by atoms with E-state index >= 15 is 0 Å². The van der Waals surface area contributed by atoms with Crippen LogP contribution in [0.5, 0.6) is 11.5 Å². The van der Waals surface area contributed by atoms with Gasteiger partial charge >= 0.3 is 0 Å². The van der Waals surface area contributed by atoms with Crippen LogP contribution in [0.3, 0.4) is 0 Å². The van der Waals surface area contributed by atoms with E-state index in [2.05, 4.69) is 25.5 Å². The molecule has 138 valence electrons. The minimum absolute atomic E-state index is 0.489. The van der Waals surface area contributed by atoms with Gasteiger partial charge in [0.25, 0.3) is 0 Å². The zero-order chi connectivity index (χ0) is 19.1. The van der Waals surface area contributed by atoms with Crippen molar-refractivity contribution in [3.05, 3.63) is 66.2 Å². The number of aromatic amines is 1. The average molecular weight is 391 g/mol. The maximum atomic E-state index is 6.47. The van der Waals surface area contributed by atoms with Crippen LogP contribution in [0.25, 0.3) is 21.9 Å². The third kappa shape index (κ3) is 2.82. The van der Waals surface area contributed by atoms with Crippen LogP contribution in [0.2, 0.25) is 5.02 Å². The van der Waals surface area contributed by atoms with E-state index in [0.29, 0.717) is 22.3 Å². The first-order chi connectivity index (χ1) is 13.7. The van der Waals surface area contributed by atoms with Crippen molar-refractivity contribution in [1.82, 2.24) is 24.7 Å². The average Bonchev–Trinajstić information content (AvgIpc) is 3.32. The van der Waals surface area contributed by atoms with Crippen molar-refractivity contribution in [2.45, 2.75) is 0 Å². The Balaban J connectivity index is 1.45. The Morgan fingerprint density at radius 2 is 2.04 bits per heavy atom. The first-order valence-corrected chi connectivity index (χ1v) is 8.99. The molecule has 0 saturated carbocycles. The summed E-state index contributed by atoms with van der Waals surface area (Å²) < 4.78 is 7.99. The number of H-pyrrole nitrogens is 1. The van der Waals surface area contributed by atoms with Gasteiger partial charge in [0.2, 0.25) is 0 Å². The largest absolute Gasteiger partial charge is 0.455 e. The molecular weight excluding hydrogens is 376 g/mol. The number of nitrogens with zero attached hydrogens (tertiary/aromatic N) is 4. The van der Waals surface area contributed by atoms with Gasteiger partial charge in [-0.2, -0.15) is 5.10 Å². The summed E-state index contributed by atoms with van der Waals surface area (Å²) >= 11 is 6.47. The second-order valence-electron chi connectivity index (χ2n) is 6.34. The number of aromatic nitrogens is 5. The molecule has 28 heavy (non-hydrogen) atoms. The molecule has 0 unspecified atom stereocenters. The number of ether oxygens (including phenoxy) is 1. The first kappa shape index (κ1) is 16.6. The highest BCUT2D eigenvalue weighted by molar-refractivity contribution is 6.32. The Morgan fingerprint density at radius 3 is 2.93 bits per heavy atom. The van der Waals surface area contributed by atoms with E-state index in [1.165, 1.54) is 6.33 Å². The fourth-order valence-corrected chi connectivity index (χ4v) is 3.38. The van der Waals surface area contributed by atoms with Gasteiger partial charge in [-0.25, -0.2) is 9.97 Å². The van der Waals surface area contributed by atoms with E-state index in [4.69, 9.17) is 16.3 Å². The van der Waals surface area contributed by atoms with Crippen LogP contribution in [-0.2, 0) is 7.05 Å². The van der Waals surface area contributed by atoms with Crippen molar-refractivity contribution in [3.8, 4) is 11.5 Å². The Morgan fingerprint density at radius 1 is 1.11 bits per heavy atom. The van der Waals surface area contributed by atoms with Crippen molar-refractivity contribution in [1.29, 1.82) is 0 Å². The highest BCUT2D eigenvalue weighted by Gasteiger charge is 2.11. The smallest absolute Gasteiger partial charge is 0.158 e. The quantitative estimate of drug-likeness (QED) is 0.449. The lowest BCUT2D eigenvalue weighted by atomic mass is 10.2. The highest BCUT2D eigenvalue weighted by Crippen LogP contribution is 2.35. The van der Waals surface area contributed by atoms with Gasteiger partial charge in [0.1, 0.15) is 23.3 Å². The number of benzene rings is 2. The van der Waals surface area contributed by atoms with E-state index in [1.54, 1.807) is 6.20 Å². The minimum Gasteiger partial charge on any atom is -0.455 e. The highest BCUT2D eigenvalue weighted by atomic mass is 35.5. The summed E-state index contributed by atoms with van der Waals surface area (Å²) in [6, 6.07) is 13.2. The third-order valence-corrected chi connectivity index (χ3v) is 4.81. The van der Waals surface area contributed by atoms with Crippen LogP contribution < -0.4 is 10.1 Å². The lowest BCUT2D eigenvalue weighted by molar-refractivity contribution is 0.488. The summed E-state index contributed by atoms with van der Waals surface area (Å²) in [6.07, 6.45) is 5.22. The van der Waals surface area contributed by atoms with Gasteiger partial charge in [0, 0.05) is 18.9 Å². The third-order valence-electron chi connectivity index (χ3n) is 4.52. The summed E-state index contributed by atoms with van der Waals surface area (Å²) in [5, 5.41) is 11.7.